The number of halogens is 1. The van der Waals surface area contributed by atoms with Crippen LogP contribution >= 0.6 is 11.6 Å². The second-order valence-electron chi connectivity index (χ2n) is 10.1. The Hall–Kier alpha value is -2.74. The third-order valence-electron chi connectivity index (χ3n) is 6.91. The molecule has 2 heterocycles. The number of likely N-dealkylation sites (tertiary alicyclic amines) is 1. The van der Waals surface area contributed by atoms with E-state index >= 15 is 0 Å². The molecule has 0 bridgehead atoms. The molecule has 1 aliphatic heterocycles. The third kappa shape index (κ3) is 7.18. The molecule has 37 heavy (non-hydrogen) atoms. The first-order valence-corrected chi connectivity index (χ1v) is 13.3. The van der Waals surface area contributed by atoms with Gasteiger partial charge in [-0.1, -0.05) is 17.7 Å². The van der Waals surface area contributed by atoms with Crippen LogP contribution in [0.1, 0.15) is 41.8 Å². The molecular formula is C29H38ClN3O4. The molecule has 3 aromatic rings. The van der Waals surface area contributed by atoms with E-state index in [9.17, 15) is 5.11 Å². The van der Waals surface area contributed by atoms with Gasteiger partial charge >= 0.3 is 0 Å². The summed E-state index contributed by atoms with van der Waals surface area (Å²) in [5.74, 6) is 3.21. The molecule has 0 radical (unpaired) electrons. The topological polar surface area (TPSA) is 69.0 Å². The lowest BCUT2D eigenvalue weighted by Gasteiger charge is -2.39. The highest BCUT2D eigenvalue weighted by Gasteiger charge is 2.34. The van der Waals surface area contributed by atoms with Gasteiger partial charge in [-0.05, 0) is 87.5 Å². The van der Waals surface area contributed by atoms with Crippen molar-refractivity contribution in [1.82, 2.24) is 14.5 Å². The SMILES string of the molecule is COc1ccc(CN2CCC[C@](O)(COc3cc(C)c(Cl)c(C)c3)C2)cc1OCCCn1ccnc1C. The molecule has 2 aromatic carbocycles. The first kappa shape index (κ1) is 27.3. The number of aryl methyl sites for hydroxylation is 4. The Morgan fingerprint density at radius 1 is 1.08 bits per heavy atom. The molecule has 1 atom stereocenters. The van der Waals surface area contributed by atoms with Crippen molar-refractivity contribution in [2.45, 2.75) is 58.7 Å². The van der Waals surface area contributed by atoms with Gasteiger partial charge in [0.15, 0.2) is 11.5 Å². The average Bonchev–Trinajstić information content (AvgIpc) is 3.28. The number of rotatable bonds is 11. The largest absolute Gasteiger partial charge is 0.493 e. The number of benzene rings is 2. The normalized spacial score (nSPS) is 18.1. The fourth-order valence-electron chi connectivity index (χ4n) is 4.91. The van der Waals surface area contributed by atoms with E-state index in [1.165, 1.54) is 0 Å². The fourth-order valence-corrected chi connectivity index (χ4v) is 5.02. The molecule has 1 N–H and O–H groups in total. The Morgan fingerprint density at radius 2 is 1.86 bits per heavy atom. The maximum Gasteiger partial charge on any atom is 0.161 e. The summed E-state index contributed by atoms with van der Waals surface area (Å²) >= 11 is 6.28. The summed E-state index contributed by atoms with van der Waals surface area (Å²) in [5.41, 5.74) is 2.17. The number of nitrogens with zero attached hydrogens (tertiary/aromatic N) is 3. The van der Waals surface area contributed by atoms with Crippen molar-refractivity contribution in [3.05, 3.63) is 70.3 Å². The lowest BCUT2D eigenvalue weighted by atomic mass is 9.93. The summed E-state index contributed by atoms with van der Waals surface area (Å²) in [6.45, 7) is 9.81. The molecule has 0 saturated carbocycles. The van der Waals surface area contributed by atoms with Crippen LogP contribution in [-0.4, -0.2) is 58.6 Å². The van der Waals surface area contributed by atoms with E-state index in [1.54, 1.807) is 7.11 Å². The predicted molar refractivity (Wildman–Crippen MR) is 146 cm³/mol. The standard InChI is InChI=1S/C29H38ClN3O4/c1-21-15-25(16-22(2)28(21)30)37-20-29(34)9-5-11-32(19-29)18-24-7-8-26(35-4)27(17-24)36-14-6-12-33-13-10-31-23(33)3/h7-8,10,13,15-17,34H,5-6,9,11-12,14,18-20H2,1-4H3/t29-/m1/s1. The number of hydrogen-bond donors (Lipinski definition) is 1. The van der Waals surface area contributed by atoms with E-state index in [1.807, 2.05) is 57.4 Å². The van der Waals surface area contributed by atoms with Crippen LogP contribution in [0.3, 0.4) is 0 Å². The number of aromatic nitrogens is 2. The van der Waals surface area contributed by atoms with E-state index in [0.717, 1.165) is 77.3 Å². The van der Waals surface area contributed by atoms with Gasteiger partial charge in [-0.15, -0.1) is 0 Å². The monoisotopic (exact) mass is 527 g/mol. The van der Waals surface area contributed by atoms with Crippen LogP contribution < -0.4 is 14.2 Å². The van der Waals surface area contributed by atoms with Gasteiger partial charge in [-0.3, -0.25) is 4.90 Å². The maximum absolute atomic E-state index is 11.3. The van der Waals surface area contributed by atoms with Crippen molar-refractivity contribution in [3.63, 3.8) is 0 Å². The van der Waals surface area contributed by atoms with Crippen LogP contribution in [0.4, 0.5) is 0 Å². The number of methoxy groups -OCH3 is 1. The summed E-state index contributed by atoms with van der Waals surface area (Å²) in [7, 11) is 1.66. The molecule has 0 unspecified atom stereocenters. The van der Waals surface area contributed by atoms with Gasteiger partial charge in [0.1, 0.15) is 23.8 Å². The Morgan fingerprint density at radius 3 is 2.57 bits per heavy atom. The van der Waals surface area contributed by atoms with E-state index < -0.39 is 5.60 Å². The van der Waals surface area contributed by atoms with Crippen LogP contribution in [0.2, 0.25) is 5.02 Å². The van der Waals surface area contributed by atoms with Crippen LogP contribution in [-0.2, 0) is 13.1 Å². The Bertz CT molecular complexity index is 1170. The molecule has 4 rings (SSSR count). The molecule has 200 valence electrons. The van der Waals surface area contributed by atoms with E-state index in [0.29, 0.717) is 19.6 Å². The van der Waals surface area contributed by atoms with Gasteiger partial charge in [0, 0.05) is 37.1 Å². The van der Waals surface area contributed by atoms with Gasteiger partial charge in [-0.2, -0.15) is 0 Å². The van der Waals surface area contributed by atoms with Crippen LogP contribution in [0, 0.1) is 20.8 Å². The Balaban J connectivity index is 1.33. The van der Waals surface area contributed by atoms with Crippen molar-refractivity contribution in [1.29, 1.82) is 0 Å². The molecule has 8 heteroatoms. The molecular weight excluding hydrogens is 490 g/mol. The van der Waals surface area contributed by atoms with Gasteiger partial charge in [0.25, 0.3) is 0 Å². The second kappa shape index (κ2) is 12.2. The molecule has 1 fully saturated rings. The molecule has 0 amide bonds. The average molecular weight is 528 g/mol. The van der Waals surface area contributed by atoms with E-state index in [2.05, 4.69) is 20.5 Å². The third-order valence-corrected chi connectivity index (χ3v) is 7.51. The highest BCUT2D eigenvalue weighted by Crippen LogP contribution is 2.31. The summed E-state index contributed by atoms with van der Waals surface area (Å²) in [5, 5.41) is 12.1. The number of hydrogen-bond acceptors (Lipinski definition) is 6. The first-order chi connectivity index (χ1) is 17.8. The second-order valence-corrected chi connectivity index (χ2v) is 10.4. The first-order valence-electron chi connectivity index (χ1n) is 12.9. The summed E-state index contributed by atoms with van der Waals surface area (Å²) in [6, 6.07) is 9.91. The zero-order chi connectivity index (χ0) is 26.4. The molecule has 7 nitrogen and oxygen atoms in total. The summed E-state index contributed by atoms with van der Waals surface area (Å²) < 4.78 is 19.8. The highest BCUT2D eigenvalue weighted by atomic mass is 35.5. The summed E-state index contributed by atoms with van der Waals surface area (Å²) in [4.78, 5) is 6.54. The predicted octanol–water partition coefficient (Wildman–Crippen LogP) is 5.35. The summed E-state index contributed by atoms with van der Waals surface area (Å²) in [6.07, 6.45) is 6.29. The minimum atomic E-state index is -0.906. The smallest absolute Gasteiger partial charge is 0.161 e. The zero-order valence-corrected chi connectivity index (χ0v) is 23.1. The zero-order valence-electron chi connectivity index (χ0n) is 22.3. The number of aliphatic hydroxyl groups is 1. The lowest BCUT2D eigenvalue weighted by molar-refractivity contribution is -0.0621. The van der Waals surface area contributed by atoms with Crippen molar-refractivity contribution >= 4 is 11.6 Å². The molecule has 1 aliphatic rings. The van der Waals surface area contributed by atoms with Gasteiger partial charge < -0.3 is 23.9 Å². The number of ether oxygens (including phenoxy) is 3. The van der Waals surface area contributed by atoms with Crippen molar-refractivity contribution in [3.8, 4) is 17.2 Å². The van der Waals surface area contributed by atoms with Crippen molar-refractivity contribution < 1.29 is 19.3 Å². The molecule has 0 spiro atoms. The fraction of sp³-hybridized carbons (Fsp3) is 0.483. The van der Waals surface area contributed by atoms with Gasteiger partial charge in [0.2, 0.25) is 0 Å². The minimum Gasteiger partial charge on any atom is -0.493 e. The number of β-amino-alcohol motifs (C(OH)–C–C–N with tert-alkyl or cyclic N) is 1. The van der Waals surface area contributed by atoms with Crippen LogP contribution in [0.5, 0.6) is 17.2 Å². The minimum absolute atomic E-state index is 0.247. The van der Waals surface area contributed by atoms with Crippen molar-refractivity contribution in [2.24, 2.45) is 0 Å². The van der Waals surface area contributed by atoms with E-state index in [4.69, 9.17) is 25.8 Å². The molecule has 1 aromatic heterocycles. The number of imidazole rings is 1. The van der Waals surface area contributed by atoms with E-state index in [-0.39, 0.29) is 6.61 Å². The van der Waals surface area contributed by atoms with Crippen LogP contribution in [0.25, 0.3) is 0 Å². The molecule has 0 aliphatic carbocycles. The maximum atomic E-state index is 11.3. The highest BCUT2D eigenvalue weighted by molar-refractivity contribution is 6.32. The van der Waals surface area contributed by atoms with Gasteiger partial charge in [-0.25, -0.2) is 4.98 Å². The molecule has 1 saturated heterocycles. The van der Waals surface area contributed by atoms with Gasteiger partial charge in [0.05, 0.1) is 13.7 Å². The number of piperidine rings is 1. The van der Waals surface area contributed by atoms with Crippen LogP contribution in [0.15, 0.2) is 42.7 Å². The Kier molecular flexibility index (Phi) is 9.00. The Labute approximate surface area is 224 Å². The quantitative estimate of drug-likeness (QED) is 0.339. The van der Waals surface area contributed by atoms with Crippen molar-refractivity contribution in [2.75, 3.05) is 33.4 Å². The lowest BCUT2D eigenvalue weighted by Crippen LogP contribution is -2.51.